The Morgan fingerprint density at radius 2 is 2.25 bits per heavy atom. The number of hydrogen-bond donors (Lipinski definition) is 1. The van der Waals surface area contributed by atoms with Crippen LogP contribution in [0.3, 0.4) is 0 Å². The molecule has 7 nitrogen and oxygen atoms in total. The van der Waals surface area contributed by atoms with E-state index in [1.807, 2.05) is 17.5 Å². The number of rotatable bonds is 5. The monoisotopic (exact) mass is 288 g/mol. The van der Waals surface area contributed by atoms with E-state index in [2.05, 4.69) is 25.4 Å². The second kappa shape index (κ2) is 5.66. The maximum absolute atomic E-state index is 5.60. The Hall–Kier alpha value is -2.48. The lowest BCUT2D eigenvalue weighted by atomic mass is 10.5. The summed E-state index contributed by atoms with van der Waals surface area (Å²) in [7, 11) is 1.74. The fourth-order valence-electron chi connectivity index (χ4n) is 1.54. The molecule has 1 N–H and O–H groups in total. The van der Waals surface area contributed by atoms with Crippen LogP contribution in [0.4, 0.5) is 5.95 Å². The molecule has 3 heterocycles. The zero-order valence-electron chi connectivity index (χ0n) is 10.7. The molecule has 8 heteroatoms. The van der Waals surface area contributed by atoms with Crippen molar-refractivity contribution in [3.63, 3.8) is 0 Å². The summed E-state index contributed by atoms with van der Waals surface area (Å²) in [5.41, 5.74) is 0. The lowest BCUT2D eigenvalue weighted by Crippen LogP contribution is -2.09. The largest absolute Gasteiger partial charge is 0.458 e. The number of nitrogens with zero attached hydrogens (tertiary/aromatic N) is 5. The third kappa shape index (κ3) is 2.75. The standard InChI is InChI=1S/C12H12N6OS/c1-13-10-15-11(18-6-3-5-14-18)17-12(16-10)19-8-9-4-2-7-20-9/h2-7H,8H2,1H3,(H,13,15,16,17). The average Bonchev–Trinajstić information content (AvgIpc) is 3.17. The molecule has 0 saturated heterocycles. The first-order valence-corrected chi connectivity index (χ1v) is 6.82. The first-order valence-electron chi connectivity index (χ1n) is 5.94. The minimum atomic E-state index is 0.267. The van der Waals surface area contributed by atoms with Crippen LogP contribution in [-0.2, 0) is 6.61 Å². The molecule has 0 saturated carbocycles. The smallest absolute Gasteiger partial charge is 0.323 e. The molecule has 0 aliphatic rings. The summed E-state index contributed by atoms with van der Waals surface area (Å²) >= 11 is 1.62. The van der Waals surface area contributed by atoms with Gasteiger partial charge in [-0.2, -0.15) is 20.1 Å². The molecule has 102 valence electrons. The predicted octanol–water partition coefficient (Wildman–Crippen LogP) is 1.74. The van der Waals surface area contributed by atoms with E-state index in [0.717, 1.165) is 4.88 Å². The Balaban J connectivity index is 1.84. The highest BCUT2D eigenvalue weighted by atomic mass is 32.1. The first-order chi connectivity index (χ1) is 9.85. The van der Waals surface area contributed by atoms with E-state index in [4.69, 9.17) is 4.74 Å². The van der Waals surface area contributed by atoms with Gasteiger partial charge in [0.2, 0.25) is 5.95 Å². The number of anilines is 1. The van der Waals surface area contributed by atoms with Gasteiger partial charge in [-0.05, 0) is 17.5 Å². The van der Waals surface area contributed by atoms with Gasteiger partial charge in [-0.25, -0.2) is 4.68 Å². The van der Waals surface area contributed by atoms with Crippen LogP contribution in [-0.4, -0.2) is 31.8 Å². The van der Waals surface area contributed by atoms with E-state index >= 15 is 0 Å². The van der Waals surface area contributed by atoms with E-state index in [9.17, 15) is 0 Å². The van der Waals surface area contributed by atoms with Gasteiger partial charge in [0.05, 0.1) is 0 Å². The van der Waals surface area contributed by atoms with Crippen LogP contribution >= 0.6 is 11.3 Å². The van der Waals surface area contributed by atoms with Crippen molar-refractivity contribution < 1.29 is 4.74 Å². The molecule has 0 unspecified atom stereocenters. The topological polar surface area (TPSA) is 77.8 Å². The van der Waals surface area contributed by atoms with Gasteiger partial charge in [-0.15, -0.1) is 11.3 Å². The number of nitrogens with one attached hydrogen (secondary N) is 1. The fraction of sp³-hybridized carbons (Fsp3) is 0.167. The fourth-order valence-corrected chi connectivity index (χ4v) is 2.16. The highest BCUT2D eigenvalue weighted by Crippen LogP contribution is 2.14. The van der Waals surface area contributed by atoms with Crippen molar-refractivity contribution in [2.45, 2.75) is 6.61 Å². The molecule has 0 atom stereocenters. The molecular formula is C12H12N6OS. The third-order valence-corrected chi connectivity index (χ3v) is 3.31. The Morgan fingerprint density at radius 3 is 2.95 bits per heavy atom. The van der Waals surface area contributed by atoms with Crippen molar-refractivity contribution in [2.75, 3.05) is 12.4 Å². The van der Waals surface area contributed by atoms with Crippen molar-refractivity contribution in [2.24, 2.45) is 0 Å². The molecular weight excluding hydrogens is 276 g/mol. The van der Waals surface area contributed by atoms with Crippen molar-refractivity contribution in [1.29, 1.82) is 0 Å². The van der Waals surface area contributed by atoms with Crippen LogP contribution in [0.25, 0.3) is 5.95 Å². The Bertz CT molecular complexity index is 667. The van der Waals surface area contributed by atoms with Gasteiger partial charge in [0.1, 0.15) is 6.61 Å². The molecule has 0 aliphatic heterocycles. The van der Waals surface area contributed by atoms with Crippen molar-refractivity contribution in [1.82, 2.24) is 24.7 Å². The molecule has 0 amide bonds. The maximum atomic E-state index is 5.60. The van der Waals surface area contributed by atoms with Gasteiger partial charge < -0.3 is 10.1 Å². The summed E-state index contributed by atoms with van der Waals surface area (Å²) in [6.07, 6.45) is 3.42. The highest BCUT2D eigenvalue weighted by molar-refractivity contribution is 7.09. The van der Waals surface area contributed by atoms with Crippen molar-refractivity contribution in [3.05, 3.63) is 40.8 Å². The van der Waals surface area contributed by atoms with E-state index in [0.29, 0.717) is 18.5 Å². The van der Waals surface area contributed by atoms with Gasteiger partial charge in [-0.1, -0.05) is 6.07 Å². The highest BCUT2D eigenvalue weighted by Gasteiger charge is 2.09. The number of ether oxygens (including phenoxy) is 1. The summed E-state index contributed by atoms with van der Waals surface area (Å²) in [5, 5.41) is 8.98. The Labute approximate surface area is 119 Å². The van der Waals surface area contributed by atoms with Gasteiger partial charge in [0.25, 0.3) is 5.95 Å². The summed E-state index contributed by atoms with van der Waals surface area (Å²) in [4.78, 5) is 13.8. The average molecular weight is 288 g/mol. The SMILES string of the molecule is CNc1nc(OCc2cccs2)nc(-n2cccn2)n1. The summed E-state index contributed by atoms with van der Waals surface area (Å²) in [6, 6.07) is 6.04. The van der Waals surface area contributed by atoms with E-state index in [1.165, 1.54) is 0 Å². The lowest BCUT2D eigenvalue weighted by Gasteiger charge is -2.07. The van der Waals surface area contributed by atoms with E-state index in [-0.39, 0.29) is 6.01 Å². The molecule has 0 radical (unpaired) electrons. The zero-order chi connectivity index (χ0) is 13.8. The minimum Gasteiger partial charge on any atom is -0.458 e. The van der Waals surface area contributed by atoms with Crippen LogP contribution in [0.15, 0.2) is 36.0 Å². The molecule has 0 aliphatic carbocycles. The van der Waals surface area contributed by atoms with E-state index in [1.54, 1.807) is 41.5 Å². The zero-order valence-corrected chi connectivity index (χ0v) is 11.5. The quantitative estimate of drug-likeness (QED) is 0.770. The van der Waals surface area contributed by atoms with Crippen LogP contribution in [0.2, 0.25) is 0 Å². The summed E-state index contributed by atoms with van der Waals surface area (Å²) < 4.78 is 7.15. The lowest BCUT2D eigenvalue weighted by molar-refractivity contribution is 0.283. The molecule has 0 spiro atoms. The van der Waals surface area contributed by atoms with Crippen LogP contribution in [0.5, 0.6) is 6.01 Å². The minimum absolute atomic E-state index is 0.267. The second-order valence-electron chi connectivity index (χ2n) is 3.81. The number of thiophene rings is 1. The van der Waals surface area contributed by atoms with Gasteiger partial charge >= 0.3 is 6.01 Å². The molecule has 0 bridgehead atoms. The summed E-state index contributed by atoms with van der Waals surface area (Å²) in [6.45, 7) is 0.434. The van der Waals surface area contributed by atoms with Gasteiger partial charge in [0.15, 0.2) is 0 Å². The molecule has 0 fully saturated rings. The number of hydrogen-bond acceptors (Lipinski definition) is 7. The molecule has 3 rings (SSSR count). The summed E-state index contributed by atoms with van der Waals surface area (Å²) in [5.74, 6) is 0.849. The molecule has 3 aromatic rings. The second-order valence-corrected chi connectivity index (χ2v) is 4.84. The van der Waals surface area contributed by atoms with Crippen molar-refractivity contribution >= 4 is 17.3 Å². The number of aromatic nitrogens is 5. The molecule has 0 aromatic carbocycles. The van der Waals surface area contributed by atoms with E-state index < -0.39 is 0 Å². The van der Waals surface area contributed by atoms with Crippen molar-refractivity contribution in [3.8, 4) is 12.0 Å². The predicted molar refractivity (Wildman–Crippen MR) is 75.1 cm³/mol. The Kier molecular flexibility index (Phi) is 3.55. The van der Waals surface area contributed by atoms with Gasteiger partial charge in [-0.3, -0.25) is 0 Å². The van der Waals surface area contributed by atoms with Gasteiger partial charge in [0, 0.05) is 24.3 Å². The Morgan fingerprint density at radius 1 is 1.30 bits per heavy atom. The molecule has 20 heavy (non-hydrogen) atoms. The van der Waals surface area contributed by atoms with Crippen LogP contribution < -0.4 is 10.1 Å². The first kappa shape index (κ1) is 12.5. The van der Waals surface area contributed by atoms with Crippen LogP contribution in [0, 0.1) is 0 Å². The third-order valence-electron chi connectivity index (χ3n) is 2.46. The maximum Gasteiger partial charge on any atom is 0.323 e. The van der Waals surface area contributed by atoms with Crippen LogP contribution in [0.1, 0.15) is 4.88 Å². The molecule has 3 aromatic heterocycles. The normalized spacial score (nSPS) is 10.4.